The standard InChI is InChI=1S/C10H16N2O/c13-9(8-6-11-7-8)12-5-4-10(12)2-1-3-10/h8,11H,1-7H2. The lowest BCUT2D eigenvalue weighted by atomic mass is 9.67. The van der Waals surface area contributed by atoms with E-state index in [1.807, 2.05) is 0 Å². The van der Waals surface area contributed by atoms with Crippen molar-refractivity contribution in [2.45, 2.75) is 31.2 Å². The van der Waals surface area contributed by atoms with Crippen LogP contribution in [0, 0.1) is 5.92 Å². The van der Waals surface area contributed by atoms with Crippen LogP contribution in [0.1, 0.15) is 25.7 Å². The van der Waals surface area contributed by atoms with Crippen LogP contribution in [0.2, 0.25) is 0 Å². The van der Waals surface area contributed by atoms with E-state index in [4.69, 9.17) is 0 Å². The van der Waals surface area contributed by atoms with Gasteiger partial charge in [-0.15, -0.1) is 0 Å². The topological polar surface area (TPSA) is 32.3 Å². The van der Waals surface area contributed by atoms with Crippen LogP contribution in [0.5, 0.6) is 0 Å². The summed E-state index contributed by atoms with van der Waals surface area (Å²) in [4.78, 5) is 14.1. The highest BCUT2D eigenvalue weighted by Gasteiger charge is 2.52. The Labute approximate surface area is 78.5 Å². The maximum absolute atomic E-state index is 11.9. The molecule has 72 valence electrons. The van der Waals surface area contributed by atoms with Gasteiger partial charge in [0.15, 0.2) is 0 Å². The first-order chi connectivity index (χ1) is 6.32. The van der Waals surface area contributed by atoms with Crippen molar-refractivity contribution >= 4 is 5.91 Å². The molecule has 2 saturated heterocycles. The number of hydrogen-bond donors (Lipinski definition) is 1. The van der Waals surface area contributed by atoms with Crippen molar-refractivity contribution in [1.82, 2.24) is 10.2 Å². The maximum Gasteiger partial charge on any atom is 0.228 e. The summed E-state index contributed by atoms with van der Waals surface area (Å²) >= 11 is 0. The van der Waals surface area contributed by atoms with E-state index in [9.17, 15) is 4.79 Å². The predicted octanol–water partition coefficient (Wildman–Crippen LogP) is 0.361. The molecule has 1 spiro atoms. The molecule has 0 aromatic heterocycles. The summed E-state index contributed by atoms with van der Waals surface area (Å²) in [6.07, 6.45) is 5.11. The Morgan fingerprint density at radius 1 is 1.31 bits per heavy atom. The minimum atomic E-state index is 0.303. The van der Waals surface area contributed by atoms with E-state index in [-0.39, 0.29) is 0 Å². The Bertz CT molecular complexity index is 238. The third-order valence-electron chi connectivity index (χ3n) is 4.05. The average molecular weight is 180 g/mol. The molecule has 1 amide bonds. The molecule has 0 bridgehead atoms. The second kappa shape index (κ2) is 2.47. The monoisotopic (exact) mass is 180 g/mol. The molecule has 0 aromatic carbocycles. The minimum absolute atomic E-state index is 0.303. The Morgan fingerprint density at radius 3 is 2.38 bits per heavy atom. The van der Waals surface area contributed by atoms with Gasteiger partial charge in [-0.25, -0.2) is 0 Å². The summed E-state index contributed by atoms with van der Waals surface area (Å²) < 4.78 is 0. The predicted molar refractivity (Wildman–Crippen MR) is 49.3 cm³/mol. The molecule has 0 unspecified atom stereocenters. The first-order valence-electron chi connectivity index (χ1n) is 5.34. The van der Waals surface area contributed by atoms with Crippen LogP contribution in [-0.2, 0) is 4.79 Å². The molecule has 1 N–H and O–H groups in total. The van der Waals surface area contributed by atoms with Crippen LogP contribution in [0.15, 0.2) is 0 Å². The summed E-state index contributed by atoms with van der Waals surface area (Å²) in [5, 5.41) is 3.16. The van der Waals surface area contributed by atoms with Gasteiger partial charge >= 0.3 is 0 Å². The molecular formula is C10H16N2O. The fraction of sp³-hybridized carbons (Fsp3) is 0.900. The van der Waals surface area contributed by atoms with Crippen LogP contribution in [-0.4, -0.2) is 36.0 Å². The van der Waals surface area contributed by atoms with E-state index < -0.39 is 0 Å². The molecule has 1 aliphatic carbocycles. The van der Waals surface area contributed by atoms with E-state index >= 15 is 0 Å². The SMILES string of the molecule is O=C(C1CNC1)N1CCC12CCC2. The molecule has 0 atom stereocenters. The van der Waals surface area contributed by atoms with Crippen LogP contribution < -0.4 is 5.32 Å². The summed E-state index contributed by atoms with van der Waals surface area (Å²) in [6, 6.07) is 0. The Hall–Kier alpha value is -0.570. The Kier molecular flexibility index (Phi) is 1.48. The lowest BCUT2D eigenvalue weighted by molar-refractivity contribution is -0.161. The summed E-state index contributed by atoms with van der Waals surface area (Å²) in [6.45, 7) is 2.84. The van der Waals surface area contributed by atoms with E-state index in [2.05, 4.69) is 10.2 Å². The summed E-state index contributed by atoms with van der Waals surface area (Å²) in [5.74, 6) is 0.725. The molecule has 2 aliphatic heterocycles. The van der Waals surface area contributed by atoms with E-state index in [0.717, 1.165) is 19.6 Å². The van der Waals surface area contributed by atoms with Crippen LogP contribution in [0.4, 0.5) is 0 Å². The first kappa shape index (κ1) is 7.80. The van der Waals surface area contributed by atoms with Crippen LogP contribution >= 0.6 is 0 Å². The van der Waals surface area contributed by atoms with E-state index in [1.54, 1.807) is 0 Å². The number of likely N-dealkylation sites (tertiary alicyclic amines) is 1. The molecule has 0 radical (unpaired) electrons. The van der Waals surface area contributed by atoms with Crippen LogP contribution in [0.25, 0.3) is 0 Å². The van der Waals surface area contributed by atoms with Gasteiger partial charge in [-0.1, -0.05) is 0 Å². The van der Waals surface area contributed by atoms with Gasteiger partial charge in [0.2, 0.25) is 5.91 Å². The van der Waals surface area contributed by atoms with Gasteiger partial charge in [0.05, 0.1) is 5.92 Å². The van der Waals surface area contributed by atoms with E-state index in [0.29, 0.717) is 17.4 Å². The highest BCUT2D eigenvalue weighted by atomic mass is 16.2. The summed E-state index contributed by atoms with van der Waals surface area (Å²) in [7, 11) is 0. The van der Waals surface area contributed by atoms with Gasteiger partial charge in [0.1, 0.15) is 0 Å². The van der Waals surface area contributed by atoms with Crippen molar-refractivity contribution < 1.29 is 4.79 Å². The number of amides is 1. The normalized spacial score (nSPS) is 30.6. The van der Waals surface area contributed by atoms with Gasteiger partial charge in [-0.05, 0) is 25.7 Å². The highest BCUT2D eigenvalue weighted by molar-refractivity contribution is 5.82. The number of nitrogens with one attached hydrogen (secondary N) is 1. The highest BCUT2D eigenvalue weighted by Crippen LogP contribution is 2.47. The third-order valence-corrected chi connectivity index (χ3v) is 4.05. The van der Waals surface area contributed by atoms with Gasteiger partial charge in [-0.2, -0.15) is 0 Å². The molecule has 2 heterocycles. The number of carbonyl (C=O) groups is 1. The zero-order chi connectivity index (χ0) is 8.89. The van der Waals surface area contributed by atoms with Gasteiger partial charge in [-0.3, -0.25) is 4.79 Å². The number of rotatable bonds is 1. The molecule has 3 heteroatoms. The number of hydrogen-bond acceptors (Lipinski definition) is 2. The average Bonchev–Trinajstić information content (AvgIpc) is 1.74. The van der Waals surface area contributed by atoms with Crippen molar-refractivity contribution in [3.8, 4) is 0 Å². The fourth-order valence-corrected chi connectivity index (χ4v) is 2.67. The molecule has 0 aromatic rings. The molecule has 3 rings (SSSR count). The second-order valence-electron chi connectivity index (χ2n) is 4.67. The van der Waals surface area contributed by atoms with Crippen LogP contribution in [0.3, 0.4) is 0 Å². The van der Waals surface area contributed by atoms with Crippen molar-refractivity contribution in [2.75, 3.05) is 19.6 Å². The number of carbonyl (C=O) groups excluding carboxylic acids is 1. The van der Waals surface area contributed by atoms with Crippen molar-refractivity contribution in [3.63, 3.8) is 0 Å². The van der Waals surface area contributed by atoms with Crippen molar-refractivity contribution in [2.24, 2.45) is 5.92 Å². The molecule has 3 nitrogen and oxygen atoms in total. The Morgan fingerprint density at radius 2 is 2.08 bits per heavy atom. The van der Waals surface area contributed by atoms with Crippen molar-refractivity contribution in [1.29, 1.82) is 0 Å². The lowest BCUT2D eigenvalue weighted by Gasteiger charge is -2.59. The lowest BCUT2D eigenvalue weighted by Crippen LogP contribution is -2.68. The quantitative estimate of drug-likeness (QED) is 0.632. The number of nitrogens with zero attached hydrogens (tertiary/aromatic N) is 1. The zero-order valence-electron chi connectivity index (χ0n) is 7.88. The maximum atomic E-state index is 11.9. The zero-order valence-corrected chi connectivity index (χ0v) is 7.88. The van der Waals surface area contributed by atoms with Crippen molar-refractivity contribution in [3.05, 3.63) is 0 Å². The van der Waals surface area contributed by atoms with Gasteiger partial charge < -0.3 is 10.2 Å². The van der Waals surface area contributed by atoms with Gasteiger partial charge in [0.25, 0.3) is 0 Å². The van der Waals surface area contributed by atoms with Gasteiger partial charge in [0, 0.05) is 25.2 Å². The third kappa shape index (κ3) is 0.909. The molecule has 3 aliphatic rings. The largest absolute Gasteiger partial charge is 0.337 e. The molecule has 13 heavy (non-hydrogen) atoms. The summed E-state index contributed by atoms with van der Waals surface area (Å²) in [5.41, 5.74) is 0.354. The smallest absolute Gasteiger partial charge is 0.228 e. The molecular weight excluding hydrogens is 164 g/mol. The second-order valence-corrected chi connectivity index (χ2v) is 4.67. The minimum Gasteiger partial charge on any atom is -0.337 e. The van der Waals surface area contributed by atoms with E-state index in [1.165, 1.54) is 25.7 Å². The fourth-order valence-electron chi connectivity index (χ4n) is 2.67. The molecule has 1 saturated carbocycles. The first-order valence-corrected chi connectivity index (χ1v) is 5.34. The molecule has 3 fully saturated rings. The Balaban J connectivity index is 1.67.